The third-order valence-corrected chi connectivity index (χ3v) is 3.75. The quantitative estimate of drug-likeness (QED) is 0.855. The summed E-state index contributed by atoms with van der Waals surface area (Å²) in [5, 5.41) is 11.8. The van der Waals surface area contributed by atoms with Crippen LogP contribution in [0.25, 0.3) is 0 Å². The molecular formula is C16H22N2O3. The van der Waals surface area contributed by atoms with E-state index in [0.29, 0.717) is 12.1 Å². The number of nitrogens with one attached hydrogen (secondary N) is 1. The van der Waals surface area contributed by atoms with Gasteiger partial charge in [0.05, 0.1) is 6.61 Å². The van der Waals surface area contributed by atoms with Gasteiger partial charge in [-0.25, -0.2) is 0 Å². The first-order chi connectivity index (χ1) is 9.95. The van der Waals surface area contributed by atoms with E-state index >= 15 is 0 Å². The summed E-state index contributed by atoms with van der Waals surface area (Å²) in [6, 6.07) is 6.59. The molecule has 2 N–H and O–H groups in total. The highest BCUT2D eigenvalue weighted by atomic mass is 16.3. The predicted molar refractivity (Wildman–Crippen MR) is 79.6 cm³/mol. The Bertz CT molecular complexity index is 542. The van der Waals surface area contributed by atoms with Gasteiger partial charge in [-0.15, -0.1) is 0 Å². The molecule has 5 heteroatoms. The maximum Gasteiger partial charge on any atom is 0.255 e. The summed E-state index contributed by atoms with van der Waals surface area (Å²) in [5.74, 6) is -0.321. The van der Waals surface area contributed by atoms with Crippen LogP contribution in [0.1, 0.15) is 36.7 Å². The van der Waals surface area contributed by atoms with Crippen molar-refractivity contribution >= 4 is 11.8 Å². The van der Waals surface area contributed by atoms with Crippen LogP contribution in [0, 0.1) is 5.92 Å². The van der Waals surface area contributed by atoms with E-state index in [2.05, 4.69) is 5.32 Å². The van der Waals surface area contributed by atoms with Gasteiger partial charge in [-0.05, 0) is 24.5 Å². The zero-order chi connectivity index (χ0) is 15.6. The molecule has 0 aromatic heterocycles. The molecule has 2 atom stereocenters. The van der Waals surface area contributed by atoms with Gasteiger partial charge in [0.15, 0.2) is 0 Å². The van der Waals surface area contributed by atoms with E-state index in [1.54, 1.807) is 17.9 Å². The molecule has 1 heterocycles. The summed E-state index contributed by atoms with van der Waals surface area (Å²) in [6.07, 6.45) is 0. The molecule has 0 saturated heterocycles. The predicted octanol–water partition coefficient (Wildman–Crippen LogP) is 1.16. The minimum Gasteiger partial charge on any atom is -0.394 e. The Labute approximate surface area is 125 Å². The summed E-state index contributed by atoms with van der Waals surface area (Å²) >= 11 is 0. The van der Waals surface area contributed by atoms with Gasteiger partial charge in [-0.3, -0.25) is 9.59 Å². The maximum absolute atomic E-state index is 12.5. The van der Waals surface area contributed by atoms with Gasteiger partial charge in [0.25, 0.3) is 5.91 Å². The third kappa shape index (κ3) is 3.08. The highest BCUT2D eigenvalue weighted by Gasteiger charge is 2.38. The molecule has 5 nitrogen and oxygen atoms in total. The number of amides is 2. The van der Waals surface area contributed by atoms with Crippen LogP contribution in [-0.4, -0.2) is 40.5 Å². The van der Waals surface area contributed by atoms with E-state index in [-0.39, 0.29) is 30.4 Å². The van der Waals surface area contributed by atoms with Crippen molar-refractivity contribution in [1.82, 2.24) is 10.2 Å². The molecule has 1 aliphatic rings. The number of rotatable bonds is 5. The second-order valence-electron chi connectivity index (χ2n) is 5.87. The first kappa shape index (κ1) is 15.5. The maximum atomic E-state index is 12.5. The molecule has 2 unspecified atom stereocenters. The Morgan fingerprint density at radius 2 is 2.00 bits per heavy atom. The van der Waals surface area contributed by atoms with E-state index in [1.807, 2.05) is 32.0 Å². The molecule has 0 radical (unpaired) electrons. The highest BCUT2D eigenvalue weighted by Crippen LogP contribution is 2.27. The van der Waals surface area contributed by atoms with Crippen LogP contribution >= 0.6 is 0 Å². The van der Waals surface area contributed by atoms with Gasteiger partial charge in [0.2, 0.25) is 5.91 Å². The fourth-order valence-electron chi connectivity index (χ4n) is 2.68. The van der Waals surface area contributed by atoms with Gasteiger partial charge in [-0.2, -0.15) is 0 Å². The Kier molecular flexibility index (Phi) is 4.63. The van der Waals surface area contributed by atoms with Crippen LogP contribution in [0.4, 0.5) is 0 Å². The lowest BCUT2D eigenvalue weighted by atomic mass is 10.0. The fourth-order valence-corrected chi connectivity index (χ4v) is 2.68. The van der Waals surface area contributed by atoms with E-state index in [4.69, 9.17) is 5.11 Å². The molecule has 1 aromatic carbocycles. The average Bonchev–Trinajstić information content (AvgIpc) is 2.76. The molecule has 2 amide bonds. The smallest absolute Gasteiger partial charge is 0.255 e. The van der Waals surface area contributed by atoms with Crippen LogP contribution in [0.5, 0.6) is 0 Å². The van der Waals surface area contributed by atoms with E-state index in [0.717, 1.165) is 5.56 Å². The summed E-state index contributed by atoms with van der Waals surface area (Å²) < 4.78 is 0. The molecule has 1 aromatic rings. The lowest BCUT2D eigenvalue weighted by Crippen LogP contribution is -2.52. The van der Waals surface area contributed by atoms with Crippen molar-refractivity contribution in [1.29, 1.82) is 0 Å². The van der Waals surface area contributed by atoms with Gasteiger partial charge >= 0.3 is 0 Å². The number of fused-ring (bicyclic) bond motifs is 1. The van der Waals surface area contributed by atoms with E-state index in [9.17, 15) is 9.59 Å². The Morgan fingerprint density at radius 3 is 2.57 bits per heavy atom. The zero-order valence-corrected chi connectivity index (χ0v) is 12.7. The Morgan fingerprint density at radius 1 is 1.33 bits per heavy atom. The Balaban J connectivity index is 2.21. The number of nitrogens with zero attached hydrogens (tertiary/aromatic N) is 1. The minimum absolute atomic E-state index is 0.00541. The number of carbonyl (C=O) groups excluding carboxylic acids is 2. The van der Waals surface area contributed by atoms with Crippen molar-refractivity contribution in [2.75, 3.05) is 6.61 Å². The standard InChI is InChI=1S/C16H22N2O3/c1-10(2)14(15(20)17-11(3)9-19)18-8-12-6-4-5-7-13(12)16(18)21/h4-7,10-11,14,19H,8-9H2,1-3H3,(H,17,20). The fraction of sp³-hybridized carbons (Fsp3) is 0.500. The SMILES string of the molecule is CC(CO)NC(=O)C(C(C)C)N1Cc2ccccc2C1=O. The van der Waals surface area contributed by atoms with Gasteiger partial charge < -0.3 is 15.3 Å². The first-order valence-corrected chi connectivity index (χ1v) is 7.25. The topological polar surface area (TPSA) is 69.6 Å². The molecular weight excluding hydrogens is 268 g/mol. The number of benzene rings is 1. The van der Waals surface area contributed by atoms with Crippen molar-refractivity contribution < 1.29 is 14.7 Å². The normalized spacial score (nSPS) is 16.8. The summed E-state index contributed by atoms with van der Waals surface area (Å²) in [4.78, 5) is 26.5. The average molecular weight is 290 g/mol. The van der Waals surface area contributed by atoms with Crippen LogP contribution in [0.2, 0.25) is 0 Å². The molecule has 0 spiro atoms. The van der Waals surface area contributed by atoms with Crippen LogP contribution in [0.15, 0.2) is 24.3 Å². The summed E-state index contributed by atoms with van der Waals surface area (Å²) in [6.45, 7) is 5.91. The number of hydrogen-bond acceptors (Lipinski definition) is 3. The molecule has 0 fully saturated rings. The van der Waals surface area contributed by atoms with Crippen molar-refractivity contribution in [2.24, 2.45) is 5.92 Å². The van der Waals surface area contributed by atoms with Crippen LogP contribution < -0.4 is 5.32 Å². The lowest BCUT2D eigenvalue weighted by Gasteiger charge is -2.30. The van der Waals surface area contributed by atoms with Crippen LogP contribution in [-0.2, 0) is 11.3 Å². The second kappa shape index (κ2) is 6.26. The minimum atomic E-state index is -0.529. The number of aliphatic hydroxyl groups excluding tert-OH is 1. The molecule has 0 bridgehead atoms. The number of aliphatic hydroxyl groups is 1. The molecule has 114 valence electrons. The van der Waals surface area contributed by atoms with Gasteiger partial charge in [-0.1, -0.05) is 32.0 Å². The number of carbonyl (C=O) groups is 2. The van der Waals surface area contributed by atoms with Crippen LogP contribution in [0.3, 0.4) is 0 Å². The molecule has 1 aliphatic heterocycles. The summed E-state index contributed by atoms with van der Waals surface area (Å²) in [5.41, 5.74) is 1.63. The monoisotopic (exact) mass is 290 g/mol. The van der Waals surface area contributed by atoms with Crippen molar-refractivity contribution in [3.63, 3.8) is 0 Å². The van der Waals surface area contributed by atoms with E-state index < -0.39 is 6.04 Å². The third-order valence-electron chi connectivity index (χ3n) is 3.75. The Hall–Kier alpha value is -1.88. The summed E-state index contributed by atoms with van der Waals surface area (Å²) in [7, 11) is 0. The van der Waals surface area contributed by atoms with Crippen molar-refractivity contribution in [3.05, 3.63) is 35.4 Å². The van der Waals surface area contributed by atoms with Gasteiger partial charge in [0.1, 0.15) is 6.04 Å². The van der Waals surface area contributed by atoms with Crippen molar-refractivity contribution in [2.45, 2.75) is 39.4 Å². The molecule has 0 aliphatic carbocycles. The lowest BCUT2D eigenvalue weighted by molar-refractivity contribution is -0.128. The van der Waals surface area contributed by atoms with E-state index in [1.165, 1.54) is 0 Å². The zero-order valence-electron chi connectivity index (χ0n) is 12.7. The molecule has 0 saturated carbocycles. The van der Waals surface area contributed by atoms with Gasteiger partial charge in [0, 0.05) is 18.2 Å². The largest absolute Gasteiger partial charge is 0.394 e. The highest BCUT2D eigenvalue weighted by molar-refractivity contribution is 6.01. The number of hydrogen-bond donors (Lipinski definition) is 2. The first-order valence-electron chi connectivity index (χ1n) is 7.25. The molecule has 21 heavy (non-hydrogen) atoms. The van der Waals surface area contributed by atoms with Crippen molar-refractivity contribution in [3.8, 4) is 0 Å². The molecule has 2 rings (SSSR count). The second-order valence-corrected chi connectivity index (χ2v) is 5.87.